The van der Waals surface area contributed by atoms with Gasteiger partial charge in [-0.2, -0.15) is 0 Å². The molecule has 0 radical (unpaired) electrons. The SMILES string of the molecule is CCCCC(CC)CC1(CC(CC)CCCC)c2cc(B3OC(C)(C)C(C)(C)O3)ccc2-c2ccc(-c3ccc(F)cc3)cc21. The van der Waals surface area contributed by atoms with Crippen molar-refractivity contribution in [2.45, 2.75) is 136 Å². The lowest BCUT2D eigenvalue weighted by molar-refractivity contribution is 0.00578. The Morgan fingerprint density at radius 1 is 0.644 bits per heavy atom. The average molecular weight is 611 g/mol. The van der Waals surface area contributed by atoms with Gasteiger partial charge in [-0.3, -0.25) is 0 Å². The lowest BCUT2D eigenvalue weighted by Gasteiger charge is -2.39. The molecule has 1 fully saturated rings. The Balaban J connectivity index is 1.71. The first-order chi connectivity index (χ1) is 21.5. The Kier molecular flexibility index (Phi) is 10.4. The van der Waals surface area contributed by atoms with Crippen LogP contribution in [0.4, 0.5) is 4.39 Å². The minimum atomic E-state index is -0.388. The molecule has 2 unspecified atom stereocenters. The summed E-state index contributed by atoms with van der Waals surface area (Å²) in [4.78, 5) is 0. The van der Waals surface area contributed by atoms with E-state index in [1.807, 2.05) is 12.1 Å². The van der Waals surface area contributed by atoms with Crippen LogP contribution in [0.15, 0.2) is 60.7 Å². The largest absolute Gasteiger partial charge is 0.494 e. The first-order valence-corrected chi connectivity index (χ1v) is 17.9. The Bertz CT molecular complexity index is 1410. The maximum atomic E-state index is 13.9. The van der Waals surface area contributed by atoms with E-state index in [1.54, 1.807) is 12.1 Å². The lowest BCUT2D eigenvalue weighted by atomic mass is 9.64. The van der Waals surface area contributed by atoms with Gasteiger partial charge in [0.05, 0.1) is 11.2 Å². The van der Waals surface area contributed by atoms with E-state index in [-0.39, 0.29) is 29.6 Å². The van der Waals surface area contributed by atoms with Crippen molar-refractivity contribution in [2.75, 3.05) is 0 Å². The quantitative estimate of drug-likeness (QED) is 0.169. The van der Waals surface area contributed by atoms with Crippen molar-refractivity contribution in [3.8, 4) is 22.3 Å². The number of halogens is 1. The van der Waals surface area contributed by atoms with Crippen LogP contribution in [0, 0.1) is 17.7 Å². The van der Waals surface area contributed by atoms with Crippen LogP contribution >= 0.6 is 0 Å². The molecule has 242 valence electrons. The van der Waals surface area contributed by atoms with Gasteiger partial charge in [0.2, 0.25) is 0 Å². The monoisotopic (exact) mass is 610 g/mol. The van der Waals surface area contributed by atoms with Crippen LogP contribution in [0.2, 0.25) is 0 Å². The van der Waals surface area contributed by atoms with Gasteiger partial charge < -0.3 is 9.31 Å². The molecule has 1 aliphatic carbocycles. The van der Waals surface area contributed by atoms with E-state index in [4.69, 9.17) is 9.31 Å². The number of rotatable bonds is 14. The third-order valence-electron chi connectivity index (χ3n) is 11.4. The summed E-state index contributed by atoms with van der Waals surface area (Å²) in [6.07, 6.45) is 12.2. The number of benzene rings is 3. The molecular weight excluding hydrogens is 554 g/mol. The van der Waals surface area contributed by atoms with Crippen LogP contribution in [-0.4, -0.2) is 18.3 Å². The van der Waals surface area contributed by atoms with E-state index in [9.17, 15) is 4.39 Å². The van der Waals surface area contributed by atoms with Crippen molar-refractivity contribution in [1.82, 2.24) is 0 Å². The first kappa shape index (κ1) is 33.9. The first-order valence-electron chi connectivity index (χ1n) is 17.9. The van der Waals surface area contributed by atoms with Crippen LogP contribution in [0.1, 0.15) is 131 Å². The van der Waals surface area contributed by atoms with Gasteiger partial charge in [-0.1, -0.05) is 122 Å². The molecule has 0 spiro atoms. The zero-order chi connectivity index (χ0) is 32.4. The van der Waals surface area contributed by atoms with Gasteiger partial charge in [0.1, 0.15) is 5.82 Å². The predicted molar refractivity (Wildman–Crippen MR) is 190 cm³/mol. The van der Waals surface area contributed by atoms with E-state index >= 15 is 0 Å². The van der Waals surface area contributed by atoms with E-state index in [2.05, 4.69) is 91.8 Å². The standard InChI is InChI=1S/C41H56BFO2/c1-9-13-15-29(11-3)27-41(28-30(12-4)16-14-10-2)37-25-32(31-17-21-34(43)22-18-31)19-23-35(37)36-24-20-33(26-38(36)41)42-44-39(5,6)40(7,8)45-42/h17-26,29-30H,9-16,27-28H2,1-8H3. The lowest BCUT2D eigenvalue weighted by Crippen LogP contribution is -2.41. The summed E-state index contributed by atoms with van der Waals surface area (Å²) in [5.74, 6) is 1.09. The molecule has 0 saturated carbocycles. The number of fused-ring (bicyclic) bond motifs is 3. The van der Waals surface area contributed by atoms with Crippen molar-refractivity contribution >= 4 is 12.6 Å². The predicted octanol–water partition coefficient (Wildman–Crippen LogP) is 11.3. The van der Waals surface area contributed by atoms with Gasteiger partial charge >= 0.3 is 7.12 Å². The third kappa shape index (κ3) is 6.70. The number of hydrogen-bond acceptors (Lipinski definition) is 2. The molecule has 3 aromatic carbocycles. The third-order valence-corrected chi connectivity index (χ3v) is 11.4. The van der Waals surface area contributed by atoms with Crippen molar-refractivity contribution in [2.24, 2.45) is 11.8 Å². The highest BCUT2D eigenvalue weighted by Gasteiger charge is 2.53. The van der Waals surface area contributed by atoms with Crippen LogP contribution in [-0.2, 0) is 14.7 Å². The Morgan fingerprint density at radius 3 is 1.64 bits per heavy atom. The summed E-state index contributed by atoms with van der Waals surface area (Å²) in [7, 11) is -0.388. The van der Waals surface area contributed by atoms with Crippen molar-refractivity contribution in [3.05, 3.63) is 77.6 Å². The summed E-state index contributed by atoms with van der Waals surface area (Å²) in [5.41, 5.74) is 8.08. The molecule has 3 aromatic rings. The second kappa shape index (κ2) is 13.7. The smallest absolute Gasteiger partial charge is 0.399 e. The highest BCUT2D eigenvalue weighted by Crippen LogP contribution is 2.57. The van der Waals surface area contributed by atoms with Crippen LogP contribution in [0.5, 0.6) is 0 Å². The average Bonchev–Trinajstić information content (AvgIpc) is 3.42. The molecule has 1 aliphatic heterocycles. The maximum absolute atomic E-state index is 13.9. The van der Waals surface area contributed by atoms with E-state index in [1.165, 1.54) is 79.2 Å². The summed E-state index contributed by atoms with van der Waals surface area (Å²) >= 11 is 0. The minimum Gasteiger partial charge on any atom is -0.399 e. The highest BCUT2D eigenvalue weighted by molar-refractivity contribution is 6.62. The van der Waals surface area contributed by atoms with E-state index < -0.39 is 0 Å². The molecule has 1 saturated heterocycles. The minimum absolute atomic E-state index is 0.108. The van der Waals surface area contributed by atoms with Gasteiger partial charge in [-0.05, 0) is 109 Å². The molecule has 1 heterocycles. The fourth-order valence-electron chi connectivity index (χ4n) is 7.86. The normalized spacial score (nSPS) is 21.0. The topological polar surface area (TPSA) is 18.5 Å². The van der Waals surface area contributed by atoms with Gasteiger partial charge in [0.25, 0.3) is 0 Å². The summed E-state index contributed by atoms with van der Waals surface area (Å²) in [5, 5.41) is 0. The summed E-state index contributed by atoms with van der Waals surface area (Å²) in [6, 6.07) is 21.1. The molecule has 0 N–H and O–H groups in total. The molecule has 4 heteroatoms. The second-order valence-electron chi connectivity index (χ2n) is 15.0. The van der Waals surface area contributed by atoms with E-state index in [0.29, 0.717) is 11.8 Å². The second-order valence-corrected chi connectivity index (χ2v) is 15.0. The maximum Gasteiger partial charge on any atom is 0.494 e. The van der Waals surface area contributed by atoms with Gasteiger partial charge in [0, 0.05) is 5.41 Å². The molecule has 0 aromatic heterocycles. The molecule has 5 rings (SSSR count). The fraction of sp³-hybridized carbons (Fsp3) is 0.561. The summed E-state index contributed by atoms with van der Waals surface area (Å²) in [6.45, 7) is 17.9. The van der Waals surface area contributed by atoms with Crippen LogP contribution in [0.25, 0.3) is 22.3 Å². The van der Waals surface area contributed by atoms with Crippen molar-refractivity contribution < 1.29 is 13.7 Å². The molecule has 0 bridgehead atoms. The Hall–Kier alpha value is -2.43. The number of unbranched alkanes of at least 4 members (excludes halogenated alkanes) is 2. The van der Waals surface area contributed by atoms with Gasteiger partial charge in [-0.25, -0.2) is 4.39 Å². The fourth-order valence-corrected chi connectivity index (χ4v) is 7.86. The Morgan fingerprint density at radius 2 is 1.13 bits per heavy atom. The molecule has 2 atom stereocenters. The molecule has 45 heavy (non-hydrogen) atoms. The van der Waals surface area contributed by atoms with Crippen molar-refractivity contribution in [1.29, 1.82) is 0 Å². The van der Waals surface area contributed by atoms with Crippen LogP contribution in [0.3, 0.4) is 0 Å². The zero-order valence-electron chi connectivity index (χ0n) is 29.3. The Labute approximate surface area is 273 Å². The van der Waals surface area contributed by atoms with Gasteiger partial charge in [-0.15, -0.1) is 0 Å². The van der Waals surface area contributed by atoms with E-state index in [0.717, 1.165) is 23.9 Å². The zero-order valence-corrected chi connectivity index (χ0v) is 29.3. The highest BCUT2D eigenvalue weighted by atomic mass is 19.1. The summed E-state index contributed by atoms with van der Waals surface area (Å²) < 4.78 is 27.1. The van der Waals surface area contributed by atoms with Crippen molar-refractivity contribution in [3.63, 3.8) is 0 Å². The van der Waals surface area contributed by atoms with Crippen LogP contribution < -0.4 is 5.46 Å². The number of hydrogen-bond donors (Lipinski definition) is 0. The molecule has 2 aliphatic rings. The molecule has 2 nitrogen and oxygen atoms in total. The molecule has 0 amide bonds. The van der Waals surface area contributed by atoms with Gasteiger partial charge in [0.15, 0.2) is 0 Å². The molecular formula is C41H56BFO2.